The van der Waals surface area contributed by atoms with Crippen LogP contribution in [0.3, 0.4) is 0 Å². The molecule has 0 bridgehead atoms. The van der Waals surface area contributed by atoms with Crippen molar-refractivity contribution in [3.63, 3.8) is 0 Å². The maximum atomic E-state index is 12.3. The van der Waals surface area contributed by atoms with Gasteiger partial charge >= 0.3 is 0 Å². The van der Waals surface area contributed by atoms with Crippen LogP contribution in [0.2, 0.25) is 0 Å². The summed E-state index contributed by atoms with van der Waals surface area (Å²) in [5, 5.41) is 3.31. The molecule has 0 radical (unpaired) electrons. The molecule has 4 heteroatoms. The van der Waals surface area contributed by atoms with Gasteiger partial charge < -0.3 is 10.2 Å². The molecule has 0 unspecified atom stereocenters. The topological polar surface area (TPSA) is 32.3 Å². The Kier molecular flexibility index (Phi) is 4.88. The first-order valence-corrected chi connectivity index (χ1v) is 7.76. The molecule has 1 saturated heterocycles. The lowest BCUT2D eigenvalue weighted by molar-refractivity contribution is -0.131. The molecule has 104 valence electrons. The Morgan fingerprint density at radius 2 is 2.26 bits per heavy atom. The summed E-state index contributed by atoms with van der Waals surface area (Å²) in [6, 6.07) is 6.70. The molecule has 0 saturated carbocycles. The molecular weight excluding hydrogens is 256 g/mol. The van der Waals surface area contributed by atoms with Gasteiger partial charge in [0.15, 0.2) is 0 Å². The van der Waals surface area contributed by atoms with Gasteiger partial charge in [-0.3, -0.25) is 4.79 Å². The summed E-state index contributed by atoms with van der Waals surface area (Å²) in [5.41, 5.74) is 2.49. The standard InChI is InChI=1S/C15H22N2OS/c1-11-4-5-12(2)14(8-11)19-10-15(18)17-7-6-16-9-13(17)3/h4-5,8,13,16H,6-7,9-10H2,1-3H3/t13-/m1/s1. The third-order valence-electron chi connectivity index (χ3n) is 3.52. The van der Waals surface area contributed by atoms with Crippen molar-refractivity contribution in [2.24, 2.45) is 0 Å². The molecule has 1 aliphatic rings. The van der Waals surface area contributed by atoms with Crippen molar-refractivity contribution >= 4 is 17.7 Å². The minimum Gasteiger partial charge on any atom is -0.337 e. The van der Waals surface area contributed by atoms with Crippen molar-refractivity contribution in [1.29, 1.82) is 0 Å². The minimum absolute atomic E-state index is 0.250. The Bertz CT molecular complexity index is 461. The summed E-state index contributed by atoms with van der Waals surface area (Å²) < 4.78 is 0. The number of carbonyl (C=O) groups is 1. The fourth-order valence-corrected chi connectivity index (χ4v) is 3.31. The number of aryl methyl sites for hydroxylation is 2. The van der Waals surface area contributed by atoms with Gasteiger partial charge in [-0.05, 0) is 32.4 Å². The number of nitrogens with one attached hydrogen (secondary N) is 1. The number of amides is 1. The number of hydrogen-bond acceptors (Lipinski definition) is 3. The van der Waals surface area contributed by atoms with Gasteiger partial charge in [0.25, 0.3) is 0 Å². The molecule has 3 nitrogen and oxygen atoms in total. The fourth-order valence-electron chi connectivity index (χ4n) is 2.30. The van der Waals surface area contributed by atoms with Crippen LogP contribution < -0.4 is 5.32 Å². The zero-order valence-electron chi connectivity index (χ0n) is 11.9. The molecular formula is C15H22N2OS. The van der Waals surface area contributed by atoms with Crippen LogP contribution in [0.1, 0.15) is 18.1 Å². The Morgan fingerprint density at radius 1 is 1.47 bits per heavy atom. The summed E-state index contributed by atoms with van der Waals surface area (Å²) >= 11 is 1.65. The number of hydrogen-bond donors (Lipinski definition) is 1. The lowest BCUT2D eigenvalue weighted by Gasteiger charge is -2.34. The van der Waals surface area contributed by atoms with Crippen molar-refractivity contribution < 1.29 is 4.79 Å². The van der Waals surface area contributed by atoms with E-state index in [0.717, 1.165) is 19.6 Å². The monoisotopic (exact) mass is 278 g/mol. The van der Waals surface area contributed by atoms with Crippen molar-refractivity contribution in [3.8, 4) is 0 Å². The maximum Gasteiger partial charge on any atom is 0.233 e. The van der Waals surface area contributed by atoms with E-state index >= 15 is 0 Å². The van der Waals surface area contributed by atoms with E-state index in [1.54, 1.807) is 11.8 Å². The summed E-state index contributed by atoms with van der Waals surface area (Å²) in [7, 11) is 0. The van der Waals surface area contributed by atoms with Crippen molar-refractivity contribution in [2.75, 3.05) is 25.4 Å². The van der Waals surface area contributed by atoms with Gasteiger partial charge in [0, 0.05) is 30.6 Å². The van der Waals surface area contributed by atoms with Crippen LogP contribution in [-0.2, 0) is 4.79 Å². The van der Waals surface area contributed by atoms with E-state index in [0.29, 0.717) is 11.8 Å². The average molecular weight is 278 g/mol. The first-order valence-electron chi connectivity index (χ1n) is 6.78. The average Bonchev–Trinajstić information content (AvgIpc) is 2.40. The van der Waals surface area contributed by atoms with Crippen LogP contribution in [0.5, 0.6) is 0 Å². The highest BCUT2D eigenvalue weighted by molar-refractivity contribution is 8.00. The second-order valence-electron chi connectivity index (χ2n) is 5.20. The van der Waals surface area contributed by atoms with E-state index in [1.165, 1.54) is 16.0 Å². The summed E-state index contributed by atoms with van der Waals surface area (Å²) in [6.45, 7) is 8.92. The number of piperazine rings is 1. The molecule has 1 amide bonds. The van der Waals surface area contributed by atoms with Crippen molar-refractivity contribution in [2.45, 2.75) is 31.7 Å². The van der Waals surface area contributed by atoms with Crippen LogP contribution >= 0.6 is 11.8 Å². The molecule has 1 heterocycles. The summed E-state index contributed by atoms with van der Waals surface area (Å²) in [5.74, 6) is 0.786. The van der Waals surface area contributed by atoms with E-state index in [1.807, 2.05) is 4.90 Å². The van der Waals surface area contributed by atoms with Gasteiger partial charge in [-0.1, -0.05) is 17.7 Å². The molecule has 1 atom stereocenters. The van der Waals surface area contributed by atoms with Gasteiger partial charge in [-0.15, -0.1) is 11.8 Å². The molecule has 1 aliphatic heterocycles. The fraction of sp³-hybridized carbons (Fsp3) is 0.533. The molecule has 2 rings (SSSR count). The molecule has 0 spiro atoms. The number of carbonyl (C=O) groups excluding carboxylic acids is 1. The number of thioether (sulfide) groups is 1. The van der Waals surface area contributed by atoms with Crippen molar-refractivity contribution in [3.05, 3.63) is 29.3 Å². The lowest BCUT2D eigenvalue weighted by Crippen LogP contribution is -2.52. The molecule has 1 aromatic carbocycles. The van der Waals surface area contributed by atoms with Gasteiger partial charge in [0.1, 0.15) is 0 Å². The third kappa shape index (κ3) is 3.74. The zero-order valence-corrected chi connectivity index (χ0v) is 12.7. The first-order chi connectivity index (χ1) is 9.08. The second kappa shape index (κ2) is 6.44. The summed E-state index contributed by atoms with van der Waals surface area (Å²) in [6.07, 6.45) is 0. The minimum atomic E-state index is 0.250. The molecule has 19 heavy (non-hydrogen) atoms. The van der Waals surface area contributed by atoms with Crippen LogP contribution in [0, 0.1) is 13.8 Å². The van der Waals surface area contributed by atoms with Crippen LogP contribution in [0.4, 0.5) is 0 Å². The smallest absolute Gasteiger partial charge is 0.233 e. The summed E-state index contributed by atoms with van der Waals surface area (Å²) in [4.78, 5) is 15.5. The Labute approximate surface area is 119 Å². The van der Waals surface area contributed by atoms with E-state index in [-0.39, 0.29) is 5.91 Å². The molecule has 1 fully saturated rings. The van der Waals surface area contributed by atoms with E-state index < -0.39 is 0 Å². The molecule has 0 aliphatic carbocycles. The van der Waals surface area contributed by atoms with Crippen LogP contribution in [-0.4, -0.2) is 42.2 Å². The van der Waals surface area contributed by atoms with Crippen LogP contribution in [0.25, 0.3) is 0 Å². The predicted octanol–water partition coefficient (Wildman–Crippen LogP) is 2.22. The Morgan fingerprint density at radius 3 is 3.00 bits per heavy atom. The molecule has 1 N–H and O–H groups in total. The quantitative estimate of drug-likeness (QED) is 0.861. The van der Waals surface area contributed by atoms with Gasteiger partial charge in [-0.2, -0.15) is 0 Å². The SMILES string of the molecule is Cc1ccc(C)c(SCC(=O)N2CCNC[C@H]2C)c1. The van der Waals surface area contributed by atoms with E-state index in [2.05, 4.69) is 44.3 Å². The van der Waals surface area contributed by atoms with Crippen LogP contribution in [0.15, 0.2) is 23.1 Å². The Balaban J connectivity index is 1.94. The maximum absolute atomic E-state index is 12.3. The van der Waals surface area contributed by atoms with Crippen molar-refractivity contribution in [1.82, 2.24) is 10.2 Å². The number of rotatable bonds is 3. The molecule has 0 aromatic heterocycles. The highest BCUT2D eigenvalue weighted by Crippen LogP contribution is 2.24. The Hall–Kier alpha value is -1.00. The zero-order chi connectivity index (χ0) is 13.8. The van der Waals surface area contributed by atoms with Gasteiger partial charge in [0.2, 0.25) is 5.91 Å². The second-order valence-corrected chi connectivity index (χ2v) is 6.22. The highest BCUT2D eigenvalue weighted by Gasteiger charge is 2.22. The molecule has 1 aromatic rings. The van der Waals surface area contributed by atoms with E-state index in [4.69, 9.17) is 0 Å². The van der Waals surface area contributed by atoms with Gasteiger partial charge in [0.05, 0.1) is 5.75 Å². The first kappa shape index (κ1) is 14.4. The predicted molar refractivity (Wildman–Crippen MR) is 80.7 cm³/mol. The number of nitrogens with zero attached hydrogens (tertiary/aromatic N) is 1. The largest absolute Gasteiger partial charge is 0.337 e. The highest BCUT2D eigenvalue weighted by atomic mass is 32.2. The lowest BCUT2D eigenvalue weighted by atomic mass is 10.2. The van der Waals surface area contributed by atoms with E-state index in [9.17, 15) is 4.79 Å². The number of benzene rings is 1. The third-order valence-corrected chi connectivity index (χ3v) is 4.66. The normalized spacial score (nSPS) is 19.5. The van der Waals surface area contributed by atoms with Gasteiger partial charge in [-0.25, -0.2) is 0 Å².